The van der Waals surface area contributed by atoms with Gasteiger partial charge in [-0.1, -0.05) is 62.4 Å². The van der Waals surface area contributed by atoms with Gasteiger partial charge in [0.25, 0.3) is 0 Å². The molecule has 0 radical (unpaired) electrons. The number of rotatable bonds is 5. The van der Waals surface area contributed by atoms with Gasteiger partial charge >= 0.3 is 0 Å². The second-order valence-corrected chi connectivity index (χ2v) is 7.92. The van der Waals surface area contributed by atoms with E-state index in [1.54, 1.807) is 22.0 Å². The molecule has 0 saturated carbocycles. The van der Waals surface area contributed by atoms with Crippen LogP contribution in [0.25, 0.3) is 16.5 Å². The lowest BCUT2D eigenvalue weighted by Gasteiger charge is -2.10. The minimum absolute atomic E-state index is 0.214. The highest BCUT2D eigenvalue weighted by molar-refractivity contribution is 7.16. The van der Waals surface area contributed by atoms with Gasteiger partial charge in [0.2, 0.25) is 10.8 Å². The first-order valence-corrected chi connectivity index (χ1v) is 9.66. The fourth-order valence-electron chi connectivity index (χ4n) is 3.02. The molecule has 4 aromatic rings. The summed E-state index contributed by atoms with van der Waals surface area (Å²) in [5, 5.41) is 14.3. The summed E-state index contributed by atoms with van der Waals surface area (Å²) in [4.78, 5) is 5.15. The molecule has 3 aromatic heterocycles. The first-order chi connectivity index (χ1) is 12.6. The van der Waals surface area contributed by atoms with Crippen molar-refractivity contribution in [2.75, 3.05) is 0 Å². The van der Waals surface area contributed by atoms with Crippen LogP contribution in [0.2, 0.25) is 0 Å². The summed E-state index contributed by atoms with van der Waals surface area (Å²) in [6.45, 7) is 6.67. The molecule has 0 aliphatic rings. The monoisotopic (exact) mass is 363 g/mol. The lowest BCUT2D eigenvalue weighted by atomic mass is 9.97. The highest BCUT2D eigenvalue weighted by atomic mass is 32.1. The van der Waals surface area contributed by atoms with Crippen molar-refractivity contribution in [1.82, 2.24) is 24.8 Å². The van der Waals surface area contributed by atoms with Gasteiger partial charge in [0.1, 0.15) is 10.7 Å². The van der Waals surface area contributed by atoms with E-state index in [0.717, 1.165) is 22.1 Å². The van der Waals surface area contributed by atoms with Crippen LogP contribution in [0.1, 0.15) is 42.8 Å². The number of hydrogen-bond acceptors (Lipinski definition) is 5. The summed E-state index contributed by atoms with van der Waals surface area (Å²) in [6, 6.07) is 14.6. The second kappa shape index (κ2) is 6.96. The lowest BCUT2D eigenvalue weighted by Crippen LogP contribution is -2.00. The Labute approximate surface area is 156 Å². The summed E-state index contributed by atoms with van der Waals surface area (Å²) >= 11 is 1.58. The largest absolute Gasteiger partial charge is 0.253 e. The lowest BCUT2D eigenvalue weighted by molar-refractivity contribution is 0.647. The van der Waals surface area contributed by atoms with Crippen LogP contribution < -0.4 is 0 Å². The van der Waals surface area contributed by atoms with Crippen LogP contribution in [0.15, 0.2) is 48.7 Å². The van der Waals surface area contributed by atoms with Crippen molar-refractivity contribution in [2.24, 2.45) is 5.92 Å². The normalized spacial score (nSPS) is 12.8. The van der Waals surface area contributed by atoms with Crippen LogP contribution >= 0.6 is 11.3 Å². The van der Waals surface area contributed by atoms with Crippen molar-refractivity contribution in [2.45, 2.75) is 33.1 Å². The van der Waals surface area contributed by atoms with Crippen molar-refractivity contribution in [1.29, 1.82) is 0 Å². The summed E-state index contributed by atoms with van der Waals surface area (Å²) in [6.07, 6.45) is 2.86. The van der Waals surface area contributed by atoms with Gasteiger partial charge in [-0.25, -0.2) is 0 Å². The zero-order valence-corrected chi connectivity index (χ0v) is 15.9. The Morgan fingerprint density at radius 1 is 1.00 bits per heavy atom. The third-order valence-corrected chi connectivity index (χ3v) is 5.48. The molecule has 5 nitrogen and oxygen atoms in total. The number of aromatic nitrogens is 5. The minimum atomic E-state index is 0.214. The summed E-state index contributed by atoms with van der Waals surface area (Å²) < 4.78 is 1.80. The zero-order valence-electron chi connectivity index (χ0n) is 15.1. The topological polar surface area (TPSA) is 56.0 Å². The van der Waals surface area contributed by atoms with Gasteiger partial charge in [-0.15, -0.1) is 10.2 Å². The molecule has 3 heterocycles. The average Bonchev–Trinajstić information content (AvgIpc) is 3.22. The molecule has 4 rings (SSSR count). The molecule has 0 saturated heterocycles. The summed E-state index contributed by atoms with van der Waals surface area (Å²) in [5.41, 5.74) is 3.43. The number of nitrogens with zero attached hydrogens (tertiary/aromatic N) is 5. The second-order valence-electron chi connectivity index (χ2n) is 6.93. The molecule has 6 heteroatoms. The summed E-state index contributed by atoms with van der Waals surface area (Å²) in [5.74, 6) is 1.57. The maximum absolute atomic E-state index is 4.77. The molecule has 0 bridgehead atoms. The van der Waals surface area contributed by atoms with Crippen LogP contribution in [0.5, 0.6) is 0 Å². The molecular formula is C20H21N5S. The molecule has 0 aliphatic heterocycles. The van der Waals surface area contributed by atoms with Crippen molar-refractivity contribution >= 4 is 16.3 Å². The van der Waals surface area contributed by atoms with Gasteiger partial charge in [0.15, 0.2) is 0 Å². The fraction of sp³-hybridized carbons (Fsp3) is 0.300. The van der Waals surface area contributed by atoms with Gasteiger partial charge in [0.05, 0.1) is 0 Å². The molecule has 0 amide bonds. The Bertz CT molecular complexity index is 1000. The molecule has 0 N–H and O–H groups in total. The highest BCUT2D eigenvalue weighted by Gasteiger charge is 2.18. The van der Waals surface area contributed by atoms with E-state index in [0.29, 0.717) is 11.7 Å². The Morgan fingerprint density at radius 2 is 1.81 bits per heavy atom. The predicted molar refractivity (Wildman–Crippen MR) is 104 cm³/mol. The Kier molecular flexibility index (Phi) is 4.51. The Morgan fingerprint density at radius 3 is 2.50 bits per heavy atom. The van der Waals surface area contributed by atoms with Gasteiger partial charge in [0, 0.05) is 12.1 Å². The van der Waals surface area contributed by atoms with Crippen molar-refractivity contribution < 1.29 is 0 Å². The van der Waals surface area contributed by atoms with Crippen LogP contribution in [0.4, 0.5) is 0 Å². The molecule has 0 aliphatic carbocycles. The number of benzene rings is 1. The third-order valence-electron chi connectivity index (χ3n) is 4.39. The van der Waals surface area contributed by atoms with Gasteiger partial charge < -0.3 is 0 Å². The van der Waals surface area contributed by atoms with Gasteiger partial charge in [-0.2, -0.15) is 9.61 Å². The molecule has 26 heavy (non-hydrogen) atoms. The van der Waals surface area contributed by atoms with E-state index >= 15 is 0 Å². The van der Waals surface area contributed by atoms with E-state index in [1.807, 2.05) is 18.2 Å². The predicted octanol–water partition coefficient (Wildman–Crippen LogP) is 4.60. The first kappa shape index (κ1) is 16.8. The quantitative estimate of drug-likeness (QED) is 0.520. The van der Waals surface area contributed by atoms with Crippen molar-refractivity contribution in [3.8, 4) is 11.5 Å². The molecule has 0 spiro atoms. The Balaban J connectivity index is 1.63. The maximum Gasteiger partial charge on any atom is 0.235 e. The van der Waals surface area contributed by atoms with Crippen LogP contribution in [-0.4, -0.2) is 24.8 Å². The zero-order chi connectivity index (χ0) is 18.1. The van der Waals surface area contributed by atoms with Gasteiger partial charge in [-0.3, -0.25) is 4.98 Å². The van der Waals surface area contributed by atoms with Crippen LogP contribution in [0, 0.1) is 5.92 Å². The smallest absolute Gasteiger partial charge is 0.235 e. The number of hydrogen-bond donors (Lipinski definition) is 0. The van der Waals surface area contributed by atoms with Crippen molar-refractivity contribution in [3.05, 3.63) is 64.8 Å². The van der Waals surface area contributed by atoms with Crippen LogP contribution in [-0.2, 0) is 6.42 Å². The standard InChI is InChI=1S/C20H21N5S/c1-13(2)12-15-7-9-16(10-8-15)14(3)19-24-25-18(22-23-20(25)26-19)17-6-4-5-11-21-17/h4-11,13-14H,12H2,1-3H3/t14-/m1/s1. The molecule has 132 valence electrons. The SMILES string of the molecule is CC(C)Cc1ccc([C@@H](C)c2nn3c(-c4ccccn4)nnc3s2)cc1. The van der Waals surface area contributed by atoms with E-state index in [2.05, 4.69) is 60.2 Å². The molecule has 1 atom stereocenters. The van der Waals surface area contributed by atoms with E-state index in [4.69, 9.17) is 5.10 Å². The van der Waals surface area contributed by atoms with E-state index in [1.165, 1.54) is 11.1 Å². The van der Waals surface area contributed by atoms with E-state index in [9.17, 15) is 0 Å². The first-order valence-electron chi connectivity index (χ1n) is 8.84. The molecular weight excluding hydrogens is 342 g/mol. The third kappa shape index (κ3) is 3.24. The highest BCUT2D eigenvalue weighted by Crippen LogP contribution is 2.29. The van der Waals surface area contributed by atoms with Gasteiger partial charge in [-0.05, 0) is 35.6 Å². The van der Waals surface area contributed by atoms with E-state index < -0.39 is 0 Å². The van der Waals surface area contributed by atoms with Crippen molar-refractivity contribution in [3.63, 3.8) is 0 Å². The number of pyridine rings is 1. The molecule has 0 unspecified atom stereocenters. The average molecular weight is 363 g/mol. The van der Waals surface area contributed by atoms with Crippen LogP contribution in [0.3, 0.4) is 0 Å². The maximum atomic E-state index is 4.77. The summed E-state index contributed by atoms with van der Waals surface area (Å²) in [7, 11) is 0. The molecule has 0 fully saturated rings. The molecule has 1 aromatic carbocycles. The van der Waals surface area contributed by atoms with E-state index in [-0.39, 0.29) is 5.92 Å². The fourth-order valence-corrected chi connectivity index (χ4v) is 3.94. The Hall–Kier alpha value is -2.60. The minimum Gasteiger partial charge on any atom is -0.253 e. The number of fused-ring (bicyclic) bond motifs is 1.